The lowest BCUT2D eigenvalue weighted by Crippen LogP contribution is -2.59. The van der Waals surface area contributed by atoms with Crippen LogP contribution in [0.1, 0.15) is 41.7 Å². The van der Waals surface area contributed by atoms with Crippen molar-refractivity contribution in [2.75, 3.05) is 4.90 Å². The maximum Gasteiger partial charge on any atom is 0.247 e. The van der Waals surface area contributed by atoms with Crippen LogP contribution in [-0.2, 0) is 5.41 Å². The highest BCUT2D eigenvalue weighted by atomic mass is 15.2. The Bertz CT molecular complexity index is 1370. The highest BCUT2D eigenvalue weighted by molar-refractivity contribution is 6.98. The van der Waals surface area contributed by atoms with Gasteiger partial charge in [0.05, 0.1) is 5.69 Å². The van der Waals surface area contributed by atoms with E-state index in [4.69, 9.17) is 0 Å². The highest BCUT2D eigenvalue weighted by Gasteiger charge is 2.44. The van der Waals surface area contributed by atoms with Crippen molar-refractivity contribution in [1.82, 2.24) is 0 Å². The first-order valence-corrected chi connectivity index (χ1v) is 11.6. The number of fused-ring (bicyclic) bond motifs is 4. The summed E-state index contributed by atoms with van der Waals surface area (Å²) in [6, 6.07) is 29.6. The molecule has 2 heteroatoms. The molecule has 0 spiro atoms. The third-order valence-corrected chi connectivity index (χ3v) is 7.61. The number of para-hydroxylation sites is 3. The summed E-state index contributed by atoms with van der Waals surface area (Å²) in [5, 5.41) is 0. The zero-order valence-electron chi connectivity index (χ0n) is 19.5. The molecule has 32 heavy (non-hydrogen) atoms. The second kappa shape index (κ2) is 6.62. The molecule has 0 amide bonds. The van der Waals surface area contributed by atoms with Crippen LogP contribution in [-0.4, -0.2) is 6.71 Å². The highest BCUT2D eigenvalue weighted by Crippen LogP contribution is 2.51. The van der Waals surface area contributed by atoms with Crippen LogP contribution in [0, 0.1) is 20.8 Å². The van der Waals surface area contributed by atoms with Gasteiger partial charge in [0, 0.05) is 16.8 Å². The van der Waals surface area contributed by atoms with Crippen molar-refractivity contribution in [1.29, 1.82) is 0 Å². The van der Waals surface area contributed by atoms with Gasteiger partial charge in [-0.1, -0.05) is 103 Å². The molecule has 2 aliphatic rings. The van der Waals surface area contributed by atoms with Gasteiger partial charge in [0.15, 0.2) is 0 Å². The molecule has 6 rings (SSSR count). The van der Waals surface area contributed by atoms with Crippen LogP contribution in [0.4, 0.5) is 17.1 Å². The molecule has 4 aromatic carbocycles. The molecule has 2 heterocycles. The molecular formula is C30H28BN. The van der Waals surface area contributed by atoms with Crippen molar-refractivity contribution < 1.29 is 0 Å². The zero-order chi connectivity index (χ0) is 22.2. The van der Waals surface area contributed by atoms with Gasteiger partial charge in [-0.25, -0.2) is 0 Å². The summed E-state index contributed by atoms with van der Waals surface area (Å²) >= 11 is 0. The van der Waals surface area contributed by atoms with Crippen LogP contribution < -0.4 is 21.3 Å². The van der Waals surface area contributed by atoms with Crippen LogP contribution in [0.3, 0.4) is 0 Å². The number of hydrogen-bond donors (Lipinski definition) is 0. The lowest BCUT2D eigenvalue weighted by atomic mass is 9.33. The first-order valence-electron chi connectivity index (χ1n) is 11.6. The molecule has 1 nitrogen and oxygen atoms in total. The molecule has 156 valence electrons. The Labute approximate surface area is 191 Å². The quantitative estimate of drug-likeness (QED) is 0.326. The second-order valence-electron chi connectivity index (χ2n) is 10.0. The van der Waals surface area contributed by atoms with Gasteiger partial charge in [-0.15, -0.1) is 0 Å². The Balaban J connectivity index is 1.75. The number of rotatable bonds is 1. The smallest absolute Gasteiger partial charge is 0.247 e. The van der Waals surface area contributed by atoms with Gasteiger partial charge >= 0.3 is 0 Å². The Morgan fingerprint density at radius 2 is 1.25 bits per heavy atom. The summed E-state index contributed by atoms with van der Waals surface area (Å²) < 4.78 is 0. The van der Waals surface area contributed by atoms with Crippen molar-refractivity contribution >= 4 is 40.2 Å². The van der Waals surface area contributed by atoms with E-state index in [1.165, 1.54) is 61.3 Å². The fraction of sp³-hybridized carbons (Fsp3) is 0.200. The van der Waals surface area contributed by atoms with Crippen LogP contribution in [0.5, 0.6) is 0 Å². The molecular weight excluding hydrogens is 385 g/mol. The lowest BCUT2D eigenvalue weighted by Gasteiger charge is -2.47. The summed E-state index contributed by atoms with van der Waals surface area (Å²) in [7, 11) is 0. The largest absolute Gasteiger partial charge is 0.311 e. The summed E-state index contributed by atoms with van der Waals surface area (Å²) in [4.78, 5) is 2.52. The van der Waals surface area contributed by atoms with E-state index in [9.17, 15) is 0 Å². The van der Waals surface area contributed by atoms with E-state index in [1.807, 2.05) is 0 Å². The maximum absolute atomic E-state index is 2.52. The normalized spacial score (nSPS) is 15.2. The van der Waals surface area contributed by atoms with E-state index < -0.39 is 0 Å². The molecule has 2 aliphatic heterocycles. The summed E-state index contributed by atoms with van der Waals surface area (Å²) in [6.45, 7) is 11.7. The number of hydrogen-bond acceptors (Lipinski definition) is 1. The first kappa shape index (κ1) is 19.4. The Morgan fingerprint density at radius 3 is 2.00 bits per heavy atom. The molecule has 0 radical (unpaired) electrons. The van der Waals surface area contributed by atoms with Crippen molar-refractivity contribution in [3.8, 4) is 0 Å². The number of aryl methyl sites for hydroxylation is 3. The van der Waals surface area contributed by atoms with Crippen molar-refractivity contribution in [3.63, 3.8) is 0 Å². The van der Waals surface area contributed by atoms with E-state index in [-0.39, 0.29) is 12.1 Å². The van der Waals surface area contributed by atoms with E-state index in [0.29, 0.717) is 0 Å². The van der Waals surface area contributed by atoms with Gasteiger partial charge in [0.25, 0.3) is 0 Å². The standard InChI is InChI=1S/C30H28BN/c1-19-17-20(2)28(21(3)18-19)31-24-13-7-9-16-27(24)32-26-15-8-6-11-22(26)30(4,5)23-12-10-14-25(31)29(23)32/h6-18H,1-5H3. The molecule has 0 aliphatic carbocycles. The Hall–Kier alpha value is -3.26. The molecule has 0 atom stereocenters. The van der Waals surface area contributed by atoms with Crippen LogP contribution in [0.2, 0.25) is 0 Å². The minimum atomic E-state index is -0.0490. The molecule has 0 saturated heterocycles. The van der Waals surface area contributed by atoms with E-state index in [2.05, 4.69) is 118 Å². The lowest BCUT2D eigenvalue weighted by molar-refractivity contribution is 0.632. The molecule has 0 N–H and O–H groups in total. The summed E-state index contributed by atoms with van der Waals surface area (Å²) in [5.74, 6) is 0. The average Bonchev–Trinajstić information content (AvgIpc) is 2.77. The Morgan fingerprint density at radius 1 is 0.656 bits per heavy atom. The predicted molar refractivity (Wildman–Crippen MR) is 139 cm³/mol. The fourth-order valence-corrected chi connectivity index (χ4v) is 6.32. The van der Waals surface area contributed by atoms with Crippen molar-refractivity contribution in [2.24, 2.45) is 0 Å². The van der Waals surface area contributed by atoms with Crippen LogP contribution >= 0.6 is 0 Å². The summed E-state index contributed by atoms with van der Waals surface area (Å²) in [6.07, 6.45) is 0. The SMILES string of the molecule is Cc1cc(C)c(B2c3ccccc3N3c4ccccc4C(C)(C)c4cccc2c43)c(C)c1. The monoisotopic (exact) mass is 413 g/mol. The summed E-state index contributed by atoms with van der Waals surface area (Å²) in [5.41, 5.74) is 15.1. The molecule has 0 aromatic heterocycles. The maximum atomic E-state index is 2.52. The van der Waals surface area contributed by atoms with Crippen molar-refractivity contribution in [2.45, 2.75) is 40.0 Å². The number of benzene rings is 4. The number of nitrogens with zero attached hydrogens (tertiary/aromatic N) is 1. The minimum Gasteiger partial charge on any atom is -0.311 e. The predicted octanol–water partition coefficient (Wildman–Crippen LogP) is 5.55. The van der Waals surface area contributed by atoms with Crippen molar-refractivity contribution in [3.05, 3.63) is 107 Å². The second-order valence-corrected chi connectivity index (χ2v) is 10.0. The van der Waals surface area contributed by atoms with Gasteiger partial charge in [-0.2, -0.15) is 0 Å². The zero-order valence-corrected chi connectivity index (χ0v) is 19.5. The van der Waals surface area contributed by atoms with Crippen LogP contribution in [0.15, 0.2) is 78.9 Å². The van der Waals surface area contributed by atoms with Gasteiger partial charge in [0.1, 0.15) is 0 Å². The van der Waals surface area contributed by atoms with E-state index in [0.717, 1.165) is 0 Å². The molecule has 4 aromatic rings. The molecule has 0 bridgehead atoms. The Kier molecular flexibility index (Phi) is 4.02. The van der Waals surface area contributed by atoms with E-state index >= 15 is 0 Å². The minimum absolute atomic E-state index is 0.0490. The van der Waals surface area contributed by atoms with Gasteiger partial charge in [-0.3, -0.25) is 0 Å². The van der Waals surface area contributed by atoms with Gasteiger partial charge in [0.2, 0.25) is 6.71 Å². The van der Waals surface area contributed by atoms with Crippen LogP contribution in [0.25, 0.3) is 0 Å². The average molecular weight is 413 g/mol. The number of anilines is 3. The third-order valence-electron chi connectivity index (χ3n) is 7.61. The first-order chi connectivity index (χ1) is 15.4. The topological polar surface area (TPSA) is 3.24 Å². The van der Waals surface area contributed by atoms with E-state index in [1.54, 1.807) is 0 Å². The van der Waals surface area contributed by atoms with Gasteiger partial charge in [-0.05, 0) is 55.0 Å². The fourth-order valence-electron chi connectivity index (χ4n) is 6.32. The molecule has 0 saturated carbocycles. The van der Waals surface area contributed by atoms with Gasteiger partial charge < -0.3 is 4.90 Å². The molecule has 0 fully saturated rings. The third kappa shape index (κ3) is 2.47. The molecule has 0 unspecified atom stereocenters.